The summed E-state index contributed by atoms with van der Waals surface area (Å²) < 4.78 is 5.10. The monoisotopic (exact) mass is 224 g/mol. The number of ether oxygens (including phenoxy) is 1. The van der Waals surface area contributed by atoms with Crippen LogP contribution in [0.3, 0.4) is 0 Å². The molecule has 1 rings (SSSR count). The van der Waals surface area contributed by atoms with E-state index < -0.39 is 5.92 Å². The summed E-state index contributed by atoms with van der Waals surface area (Å²) >= 11 is 0. The highest BCUT2D eigenvalue weighted by atomic mass is 16.5. The lowest BCUT2D eigenvalue weighted by Gasteiger charge is -2.12. The molecule has 0 aromatic carbocycles. The van der Waals surface area contributed by atoms with Crippen molar-refractivity contribution < 1.29 is 14.3 Å². The van der Waals surface area contributed by atoms with Crippen molar-refractivity contribution in [3.8, 4) is 0 Å². The molecule has 0 saturated carbocycles. The van der Waals surface area contributed by atoms with E-state index in [2.05, 4.69) is 6.08 Å². The number of Topliss-reactive ketones (excluding diaryl/α,β-unsaturated/α-hetero) is 1. The molecule has 1 atom stereocenters. The second-order valence-electron chi connectivity index (χ2n) is 4.24. The summed E-state index contributed by atoms with van der Waals surface area (Å²) in [4.78, 5) is 22.9. The van der Waals surface area contributed by atoms with Gasteiger partial charge in [0.25, 0.3) is 0 Å². The fourth-order valence-corrected chi connectivity index (χ4v) is 1.77. The van der Waals surface area contributed by atoms with E-state index >= 15 is 0 Å². The zero-order valence-corrected chi connectivity index (χ0v) is 9.91. The molecule has 1 heterocycles. The van der Waals surface area contributed by atoms with Crippen molar-refractivity contribution in [3.05, 3.63) is 12.2 Å². The predicted octanol–water partition coefficient (Wildman–Crippen LogP) is 2.65. The smallest absolute Gasteiger partial charge is 0.316 e. The fourth-order valence-electron chi connectivity index (χ4n) is 1.77. The van der Waals surface area contributed by atoms with Crippen LogP contribution in [0.25, 0.3) is 0 Å². The van der Waals surface area contributed by atoms with E-state index in [1.807, 2.05) is 6.08 Å². The van der Waals surface area contributed by atoms with Gasteiger partial charge in [-0.05, 0) is 32.6 Å². The minimum atomic E-state index is -0.601. The van der Waals surface area contributed by atoms with Gasteiger partial charge in [0.15, 0.2) is 0 Å². The Bertz CT molecular complexity index is 268. The van der Waals surface area contributed by atoms with Gasteiger partial charge in [-0.2, -0.15) is 0 Å². The molecule has 1 aliphatic rings. The van der Waals surface area contributed by atoms with Crippen LogP contribution in [0.5, 0.6) is 0 Å². The number of esters is 1. The van der Waals surface area contributed by atoms with Crippen molar-refractivity contribution in [2.45, 2.75) is 45.4 Å². The van der Waals surface area contributed by atoms with Crippen LogP contribution in [0.2, 0.25) is 0 Å². The minimum absolute atomic E-state index is 0.105. The predicted molar refractivity (Wildman–Crippen MR) is 62.0 cm³/mol. The van der Waals surface area contributed by atoms with Gasteiger partial charge in [0, 0.05) is 0 Å². The lowest BCUT2D eigenvalue weighted by molar-refractivity contribution is -0.151. The Kier molecular flexibility index (Phi) is 5.83. The highest BCUT2D eigenvalue weighted by Crippen LogP contribution is 2.12. The standard InChI is InChI=1S/C13H20O3/c1-11(14)12-9-7-5-3-2-4-6-8-10-16-13(12)15/h5,7,12H,2-4,6,8-10H2,1H3/b7-5+. The fraction of sp³-hybridized carbons (Fsp3) is 0.692. The van der Waals surface area contributed by atoms with Crippen molar-refractivity contribution in [1.82, 2.24) is 0 Å². The topological polar surface area (TPSA) is 43.4 Å². The highest BCUT2D eigenvalue weighted by Gasteiger charge is 2.23. The molecule has 3 nitrogen and oxygen atoms in total. The molecule has 1 aliphatic heterocycles. The third-order valence-corrected chi connectivity index (χ3v) is 2.82. The van der Waals surface area contributed by atoms with Crippen LogP contribution >= 0.6 is 0 Å². The number of hydrogen-bond acceptors (Lipinski definition) is 3. The first kappa shape index (κ1) is 12.9. The molecular weight excluding hydrogens is 204 g/mol. The molecule has 0 saturated heterocycles. The third-order valence-electron chi connectivity index (χ3n) is 2.82. The first-order chi connectivity index (χ1) is 7.72. The first-order valence-corrected chi connectivity index (χ1v) is 6.04. The SMILES string of the molecule is CC(=O)C1C/C=C/CCCCCCOC1=O. The van der Waals surface area contributed by atoms with Gasteiger partial charge in [-0.15, -0.1) is 0 Å². The van der Waals surface area contributed by atoms with Crippen LogP contribution in [0.1, 0.15) is 45.4 Å². The second-order valence-corrected chi connectivity index (χ2v) is 4.24. The summed E-state index contributed by atoms with van der Waals surface area (Å²) in [5.41, 5.74) is 0. The minimum Gasteiger partial charge on any atom is -0.465 e. The molecule has 16 heavy (non-hydrogen) atoms. The van der Waals surface area contributed by atoms with Crippen molar-refractivity contribution >= 4 is 11.8 Å². The molecule has 0 aromatic heterocycles. The van der Waals surface area contributed by atoms with E-state index in [0.717, 1.165) is 19.3 Å². The van der Waals surface area contributed by atoms with Crippen molar-refractivity contribution in [2.24, 2.45) is 5.92 Å². The van der Waals surface area contributed by atoms with Crippen LogP contribution in [0.15, 0.2) is 12.2 Å². The number of carbonyl (C=O) groups is 2. The summed E-state index contributed by atoms with van der Waals surface area (Å²) in [5, 5.41) is 0. The van der Waals surface area contributed by atoms with Crippen LogP contribution in [0.4, 0.5) is 0 Å². The number of rotatable bonds is 1. The maximum Gasteiger partial charge on any atom is 0.316 e. The molecular formula is C13H20O3. The van der Waals surface area contributed by atoms with Crippen molar-refractivity contribution in [1.29, 1.82) is 0 Å². The van der Waals surface area contributed by atoms with Crippen LogP contribution in [-0.2, 0) is 14.3 Å². The van der Waals surface area contributed by atoms with E-state index in [9.17, 15) is 9.59 Å². The van der Waals surface area contributed by atoms with Crippen molar-refractivity contribution in [3.63, 3.8) is 0 Å². The quantitative estimate of drug-likeness (QED) is 0.390. The summed E-state index contributed by atoms with van der Waals surface area (Å²) in [7, 11) is 0. The van der Waals surface area contributed by atoms with Gasteiger partial charge in [-0.25, -0.2) is 0 Å². The van der Waals surface area contributed by atoms with Gasteiger partial charge in [-0.1, -0.05) is 25.0 Å². The number of allylic oxidation sites excluding steroid dienone is 2. The number of cyclic esters (lactones) is 1. The molecule has 0 radical (unpaired) electrons. The average molecular weight is 224 g/mol. The average Bonchev–Trinajstić information content (AvgIpc) is 2.22. The van der Waals surface area contributed by atoms with Gasteiger partial charge in [-0.3, -0.25) is 9.59 Å². The van der Waals surface area contributed by atoms with E-state index in [-0.39, 0.29) is 11.8 Å². The molecule has 0 spiro atoms. The highest BCUT2D eigenvalue weighted by molar-refractivity contribution is 5.97. The van der Waals surface area contributed by atoms with E-state index in [1.54, 1.807) is 0 Å². The second kappa shape index (κ2) is 7.20. The van der Waals surface area contributed by atoms with Crippen LogP contribution < -0.4 is 0 Å². The van der Waals surface area contributed by atoms with Crippen LogP contribution in [0, 0.1) is 5.92 Å². The van der Waals surface area contributed by atoms with E-state index in [0.29, 0.717) is 13.0 Å². The molecule has 1 unspecified atom stereocenters. The van der Waals surface area contributed by atoms with E-state index in [1.165, 1.54) is 19.8 Å². The van der Waals surface area contributed by atoms with Gasteiger partial charge in [0.1, 0.15) is 11.7 Å². The maximum atomic E-state index is 11.6. The number of carbonyl (C=O) groups excluding carboxylic acids is 2. The Morgan fingerprint density at radius 2 is 2.00 bits per heavy atom. The van der Waals surface area contributed by atoms with Gasteiger partial charge >= 0.3 is 5.97 Å². The first-order valence-electron chi connectivity index (χ1n) is 6.04. The third kappa shape index (κ3) is 4.60. The lowest BCUT2D eigenvalue weighted by atomic mass is 10.0. The summed E-state index contributed by atoms with van der Waals surface area (Å²) in [6.45, 7) is 1.90. The van der Waals surface area contributed by atoms with Crippen molar-refractivity contribution in [2.75, 3.05) is 6.61 Å². The van der Waals surface area contributed by atoms with Gasteiger partial charge < -0.3 is 4.74 Å². The van der Waals surface area contributed by atoms with Gasteiger partial charge in [0.05, 0.1) is 6.61 Å². The number of hydrogen-bond donors (Lipinski definition) is 0. The molecule has 0 N–H and O–H groups in total. The van der Waals surface area contributed by atoms with Gasteiger partial charge in [0.2, 0.25) is 0 Å². The lowest BCUT2D eigenvalue weighted by Crippen LogP contribution is -2.24. The van der Waals surface area contributed by atoms with E-state index in [4.69, 9.17) is 4.74 Å². The molecule has 90 valence electrons. The Labute approximate surface area is 96.9 Å². The largest absolute Gasteiger partial charge is 0.465 e. The molecule has 0 aromatic rings. The Hall–Kier alpha value is -1.12. The zero-order valence-electron chi connectivity index (χ0n) is 9.91. The Morgan fingerprint density at radius 1 is 1.25 bits per heavy atom. The zero-order chi connectivity index (χ0) is 11.8. The molecule has 0 bridgehead atoms. The Morgan fingerprint density at radius 3 is 2.75 bits per heavy atom. The summed E-state index contributed by atoms with van der Waals surface area (Å²) in [5.74, 6) is -1.07. The molecule has 0 aliphatic carbocycles. The summed E-state index contributed by atoms with van der Waals surface area (Å²) in [6.07, 6.45) is 9.85. The normalized spacial score (nSPS) is 26.1. The Balaban J connectivity index is 2.57. The maximum absolute atomic E-state index is 11.6. The molecule has 0 fully saturated rings. The molecule has 3 heteroatoms. The van der Waals surface area contributed by atoms with Crippen LogP contribution in [-0.4, -0.2) is 18.4 Å². The number of ketones is 1. The summed E-state index contributed by atoms with van der Waals surface area (Å²) in [6, 6.07) is 0. The molecule has 0 amide bonds.